The van der Waals surface area contributed by atoms with Crippen molar-refractivity contribution >= 4 is 0 Å². The molecule has 0 bridgehead atoms. The molecule has 0 amide bonds. The predicted molar refractivity (Wildman–Crippen MR) is 61.5 cm³/mol. The molecular formula is C13H17F2NO. The number of hydrogen-bond donors (Lipinski definition) is 2. The number of benzene rings is 1. The molecule has 1 aromatic carbocycles. The Bertz CT molecular complexity index is 384. The van der Waals surface area contributed by atoms with Crippen molar-refractivity contribution < 1.29 is 13.9 Å². The summed E-state index contributed by atoms with van der Waals surface area (Å²) in [6, 6.07) is 4.39. The van der Waals surface area contributed by atoms with Crippen LogP contribution in [0.3, 0.4) is 0 Å². The molecule has 1 aliphatic rings. The minimum atomic E-state index is -0.812. The van der Waals surface area contributed by atoms with Crippen LogP contribution in [0.5, 0.6) is 0 Å². The molecule has 2 rings (SSSR count). The Hall–Kier alpha value is -1.00. The van der Waals surface area contributed by atoms with E-state index in [9.17, 15) is 13.9 Å². The van der Waals surface area contributed by atoms with E-state index in [1.165, 1.54) is 6.07 Å². The Balaban J connectivity index is 1.91. The third-order valence-electron chi connectivity index (χ3n) is 3.26. The van der Waals surface area contributed by atoms with Crippen LogP contribution in [0.1, 0.15) is 31.2 Å². The maximum atomic E-state index is 13.4. The highest BCUT2D eigenvalue weighted by atomic mass is 19.2. The van der Waals surface area contributed by atoms with E-state index in [4.69, 9.17) is 0 Å². The first kappa shape index (κ1) is 12.5. The summed E-state index contributed by atoms with van der Waals surface area (Å²) in [6.07, 6.45) is 3.22. The van der Waals surface area contributed by atoms with Crippen LogP contribution in [-0.4, -0.2) is 17.3 Å². The van der Waals surface area contributed by atoms with Crippen molar-refractivity contribution in [2.24, 2.45) is 0 Å². The molecule has 1 aliphatic carbocycles. The van der Waals surface area contributed by atoms with Crippen LogP contribution < -0.4 is 5.32 Å². The van der Waals surface area contributed by atoms with E-state index in [-0.39, 0.29) is 12.1 Å². The SMILES string of the molecule is OC1CCCC(NCc2cccc(F)c2F)C1. The van der Waals surface area contributed by atoms with E-state index in [0.717, 1.165) is 25.3 Å². The summed E-state index contributed by atoms with van der Waals surface area (Å²) in [5.74, 6) is -1.59. The van der Waals surface area contributed by atoms with Crippen LogP contribution in [-0.2, 0) is 6.54 Å². The van der Waals surface area contributed by atoms with Crippen LogP contribution in [0.2, 0.25) is 0 Å². The average molecular weight is 241 g/mol. The molecule has 0 saturated heterocycles. The lowest BCUT2D eigenvalue weighted by atomic mass is 9.93. The maximum absolute atomic E-state index is 13.4. The van der Waals surface area contributed by atoms with Gasteiger partial charge in [-0.25, -0.2) is 8.78 Å². The van der Waals surface area contributed by atoms with Crippen LogP contribution in [0.4, 0.5) is 8.78 Å². The monoisotopic (exact) mass is 241 g/mol. The van der Waals surface area contributed by atoms with Crippen LogP contribution in [0.25, 0.3) is 0 Å². The predicted octanol–water partition coefficient (Wildman–Crippen LogP) is 2.36. The lowest BCUT2D eigenvalue weighted by molar-refractivity contribution is 0.111. The Kier molecular flexibility index (Phi) is 4.07. The zero-order valence-corrected chi connectivity index (χ0v) is 9.63. The second-order valence-corrected chi connectivity index (χ2v) is 4.61. The fourth-order valence-corrected chi connectivity index (χ4v) is 2.29. The highest BCUT2D eigenvalue weighted by molar-refractivity contribution is 5.18. The number of aliphatic hydroxyl groups excluding tert-OH is 1. The fraction of sp³-hybridized carbons (Fsp3) is 0.538. The van der Waals surface area contributed by atoms with Crippen molar-refractivity contribution in [1.29, 1.82) is 0 Å². The van der Waals surface area contributed by atoms with Gasteiger partial charge in [-0.05, 0) is 31.7 Å². The quantitative estimate of drug-likeness (QED) is 0.851. The van der Waals surface area contributed by atoms with Gasteiger partial charge in [0.25, 0.3) is 0 Å². The molecule has 94 valence electrons. The molecule has 17 heavy (non-hydrogen) atoms. The Labute approximate surface area is 99.7 Å². The molecule has 0 aliphatic heterocycles. The number of aliphatic hydroxyl groups is 1. The smallest absolute Gasteiger partial charge is 0.163 e. The minimum Gasteiger partial charge on any atom is -0.393 e. The lowest BCUT2D eigenvalue weighted by Gasteiger charge is -2.26. The lowest BCUT2D eigenvalue weighted by Crippen LogP contribution is -2.35. The molecular weight excluding hydrogens is 224 g/mol. The molecule has 1 aromatic rings. The summed E-state index contributed by atoms with van der Waals surface area (Å²) in [6.45, 7) is 0.307. The molecule has 0 heterocycles. The summed E-state index contributed by atoms with van der Waals surface area (Å²) >= 11 is 0. The van der Waals surface area contributed by atoms with Crippen molar-refractivity contribution in [3.05, 3.63) is 35.4 Å². The standard InChI is InChI=1S/C13H17F2NO/c14-12-6-1-3-9(13(12)15)8-16-10-4-2-5-11(17)7-10/h1,3,6,10-11,16-17H,2,4-5,7-8H2. The van der Waals surface area contributed by atoms with Gasteiger partial charge in [0, 0.05) is 18.2 Å². The molecule has 0 radical (unpaired) electrons. The zero-order chi connectivity index (χ0) is 12.3. The zero-order valence-electron chi connectivity index (χ0n) is 9.63. The van der Waals surface area contributed by atoms with Gasteiger partial charge in [0.15, 0.2) is 11.6 Å². The first-order valence-corrected chi connectivity index (χ1v) is 6.01. The molecule has 2 N–H and O–H groups in total. The third kappa shape index (κ3) is 3.23. The van der Waals surface area contributed by atoms with Gasteiger partial charge in [-0.1, -0.05) is 12.1 Å². The van der Waals surface area contributed by atoms with E-state index in [0.29, 0.717) is 18.5 Å². The van der Waals surface area contributed by atoms with E-state index in [1.54, 1.807) is 6.07 Å². The first-order valence-electron chi connectivity index (χ1n) is 6.01. The highest BCUT2D eigenvalue weighted by Crippen LogP contribution is 2.19. The molecule has 4 heteroatoms. The molecule has 2 nitrogen and oxygen atoms in total. The summed E-state index contributed by atoms with van der Waals surface area (Å²) in [4.78, 5) is 0. The maximum Gasteiger partial charge on any atom is 0.163 e. The van der Waals surface area contributed by atoms with Gasteiger partial charge >= 0.3 is 0 Å². The van der Waals surface area contributed by atoms with Crippen LogP contribution >= 0.6 is 0 Å². The second kappa shape index (κ2) is 5.56. The average Bonchev–Trinajstić information content (AvgIpc) is 2.31. The van der Waals surface area contributed by atoms with Crippen molar-refractivity contribution in [3.8, 4) is 0 Å². The van der Waals surface area contributed by atoms with Crippen LogP contribution in [0, 0.1) is 11.6 Å². The Morgan fingerprint density at radius 2 is 2.12 bits per heavy atom. The number of halogens is 2. The molecule has 1 saturated carbocycles. The molecule has 2 unspecified atom stereocenters. The van der Waals surface area contributed by atoms with Gasteiger partial charge < -0.3 is 10.4 Å². The molecule has 0 aromatic heterocycles. The molecule has 2 atom stereocenters. The first-order chi connectivity index (χ1) is 8.16. The van der Waals surface area contributed by atoms with Crippen LogP contribution in [0.15, 0.2) is 18.2 Å². The summed E-state index contributed by atoms with van der Waals surface area (Å²) in [5.41, 5.74) is 0.338. The van der Waals surface area contributed by atoms with Gasteiger partial charge in [-0.2, -0.15) is 0 Å². The van der Waals surface area contributed by atoms with Gasteiger partial charge in [-0.3, -0.25) is 0 Å². The van der Waals surface area contributed by atoms with E-state index >= 15 is 0 Å². The van der Waals surface area contributed by atoms with Gasteiger partial charge in [0.2, 0.25) is 0 Å². The number of nitrogens with one attached hydrogen (secondary N) is 1. The second-order valence-electron chi connectivity index (χ2n) is 4.61. The van der Waals surface area contributed by atoms with Crippen molar-refractivity contribution in [2.45, 2.75) is 44.4 Å². The summed E-state index contributed by atoms with van der Waals surface area (Å²) < 4.78 is 26.3. The minimum absolute atomic E-state index is 0.196. The summed E-state index contributed by atoms with van der Waals surface area (Å²) in [7, 11) is 0. The van der Waals surface area contributed by atoms with Crippen molar-refractivity contribution in [2.75, 3.05) is 0 Å². The largest absolute Gasteiger partial charge is 0.393 e. The number of hydrogen-bond acceptors (Lipinski definition) is 2. The summed E-state index contributed by atoms with van der Waals surface area (Å²) in [5, 5.41) is 12.7. The topological polar surface area (TPSA) is 32.3 Å². The molecule has 1 fully saturated rings. The van der Waals surface area contributed by atoms with E-state index in [2.05, 4.69) is 5.32 Å². The highest BCUT2D eigenvalue weighted by Gasteiger charge is 2.20. The van der Waals surface area contributed by atoms with Gasteiger partial charge in [0.05, 0.1) is 6.10 Å². The Morgan fingerprint density at radius 3 is 2.88 bits per heavy atom. The third-order valence-corrected chi connectivity index (χ3v) is 3.26. The normalized spacial score (nSPS) is 24.9. The van der Waals surface area contributed by atoms with Crippen molar-refractivity contribution in [3.63, 3.8) is 0 Å². The number of rotatable bonds is 3. The van der Waals surface area contributed by atoms with E-state index in [1.807, 2.05) is 0 Å². The molecule has 0 spiro atoms. The van der Waals surface area contributed by atoms with Gasteiger partial charge in [0.1, 0.15) is 0 Å². The Morgan fingerprint density at radius 1 is 1.29 bits per heavy atom. The van der Waals surface area contributed by atoms with Crippen molar-refractivity contribution in [1.82, 2.24) is 5.32 Å². The van der Waals surface area contributed by atoms with E-state index < -0.39 is 11.6 Å². The fourth-order valence-electron chi connectivity index (χ4n) is 2.29. The van der Waals surface area contributed by atoms with Gasteiger partial charge in [-0.15, -0.1) is 0 Å².